The van der Waals surface area contributed by atoms with Crippen molar-refractivity contribution in [2.75, 3.05) is 0 Å². The minimum absolute atomic E-state index is 0.540. The second-order valence-electron chi connectivity index (χ2n) is 6.83. The molecule has 0 aromatic heterocycles. The second kappa shape index (κ2) is 6.43. The Morgan fingerprint density at radius 3 is 2.47 bits per heavy atom. The van der Waals surface area contributed by atoms with E-state index in [9.17, 15) is 0 Å². The van der Waals surface area contributed by atoms with E-state index in [2.05, 4.69) is 61.0 Å². The molecule has 0 N–H and O–H groups in total. The van der Waals surface area contributed by atoms with Crippen molar-refractivity contribution >= 4 is 15.9 Å². The number of rotatable bonds is 5. The molecule has 1 aromatic rings. The molecule has 1 atom stereocenters. The van der Waals surface area contributed by atoms with E-state index in [1.54, 1.807) is 0 Å². The van der Waals surface area contributed by atoms with Crippen LogP contribution in [0.2, 0.25) is 0 Å². The fourth-order valence-electron chi connectivity index (χ4n) is 3.80. The van der Waals surface area contributed by atoms with Crippen molar-refractivity contribution in [3.8, 4) is 0 Å². The molecule has 0 aliphatic heterocycles. The first kappa shape index (κ1) is 15.1. The van der Waals surface area contributed by atoms with Gasteiger partial charge in [0.2, 0.25) is 0 Å². The number of alkyl halides is 1. The number of benzene rings is 1. The van der Waals surface area contributed by atoms with Crippen molar-refractivity contribution in [2.45, 2.75) is 64.1 Å². The highest BCUT2D eigenvalue weighted by molar-refractivity contribution is 9.09. The molecule has 0 heterocycles. The zero-order valence-corrected chi connectivity index (χ0v) is 14.2. The highest BCUT2D eigenvalue weighted by atomic mass is 79.9. The fraction of sp³-hybridized carbons (Fsp3) is 0.667. The number of hydrogen-bond acceptors (Lipinski definition) is 0. The van der Waals surface area contributed by atoms with Gasteiger partial charge in [0.15, 0.2) is 0 Å². The molecule has 1 unspecified atom stereocenters. The molecule has 1 aliphatic rings. The molecule has 0 nitrogen and oxygen atoms in total. The van der Waals surface area contributed by atoms with E-state index in [1.807, 2.05) is 0 Å². The van der Waals surface area contributed by atoms with Gasteiger partial charge in [-0.25, -0.2) is 0 Å². The summed E-state index contributed by atoms with van der Waals surface area (Å²) in [5.41, 5.74) is 3.40. The Morgan fingerprint density at radius 2 is 1.89 bits per heavy atom. The lowest BCUT2D eigenvalue weighted by atomic mass is 9.74. The van der Waals surface area contributed by atoms with Gasteiger partial charge in [0.25, 0.3) is 0 Å². The van der Waals surface area contributed by atoms with Crippen LogP contribution in [0.15, 0.2) is 24.3 Å². The summed E-state index contributed by atoms with van der Waals surface area (Å²) >= 11 is 4.05. The molecule has 0 amide bonds. The van der Waals surface area contributed by atoms with Crippen molar-refractivity contribution in [2.24, 2.45) is 11.3 Å². The Labute approximate surface area is 127 Å². The van der Waals surface area contributed by atoms with E-state index in [-0.39, 0.29) is 0 Å². The van der Waals surface area contributed by atoms with Crippen LogP contribution in [0.4, 0.5) is 0 Å². The van der Waals surface area contributed by atoms with E-state index in [0.29, 0.717) is 10.2 Å². The van der Waals surface area contributed by atoms with Crippen LogP contribution in [0.25, 0.3) is 0 Å². The van der Waals surface area contributed by atoms with Crippen LogP contribution in [-0.2, 0) is 6.42 Å². The summed E-state index contributed by atoms with van der Waals surface area (Å²) in [6.45, 7) is 6.92. The first-order chi connectivity index (χ1) is 9.02. The maximum absolute atomic E-state index is 4.05. The molecule has 106 valence electrons. The molecule has 19 heavy (non-hydrogen) atoms. The van der Waals surface area contributed by atoms with E-state index >= 15 is 0 Å². The lowest BCUT2D eigenvalue weighted by Gasteiger charge is -2.36. The summed E-state index contributed by atoms with van der Waals surface area (Å²) in [6.07, 6.45) is 8.20. The zero-order valence-electron chi connectivity index (χ0n) is 12.6. The molecule has 2 rings (SSSR count). The lowest BCUT2D eigenvalue weighted by Crippen LogP contribution is -2.31. The van der Waals surface area contributed by atoms with E-state index < -0.39 is 0 Å². The van der Waals surface area contributed by atoms with Crippen LogP contribution in [0.5, 0.6) is 0 Å². The van der Waals surface area contributed by atoms with Gasteiger partial charge in [-0.1, -0.05) is 72.4 Å². The summed E-state index contributed by atoms with van der Waals surface area (Å²) in [7, 11) is 0. The predicted molar refractivity (Wildman–Crippen MR) is 88.0 cm³/mol. The normalized spacial score (nSPS) is 19.8. The van der Waals surface area contributed by atoms with Gasteiger partial charge in [0.05, 0.1) is 0 Å². The molecule has 0 radical (unpaired) electrons. The Hall–Kier alpha value is -0.300. The molecule has 1 aromatic carbocycles. The monoisotopic (exact) mass is 322 g/mol. The Balaban J connectivity index is 2.09. The number of halogens is 1. The van der Waals surface area contributed by atoms with Crippen LogP contribution in [0, 0.1) is 18.3 Å². The van der Waals surface area contributed by atoms with Crippen LogP contribution in [0.1, 0.15) is 57.1 Å². The van der Waals surface area contributed by atoms with Gasteiger partial charge in [-0.2, -0.15) is 0 Å². The highest BCUT2D eigenvalue weighted by Gasteiger charge is 2.40. The summed E-state index contributed by atoms with van der Waals surface area (Å²) in [6, 6.07) is 8.99. The fourth-order valence-corrected chi connectivity index (χ4v) is 4.82. The Bertz CT molecular complexity index is 402. The lowest BCUT2D eigenvalue weighted by molar-refractivity contribution is 0.228. The summed E-state index contributed by atoms with van der Waals surface area (Å²) < 4.78 is 0. The van der Waals surface area contributed by atoms with Crippen LogP contribution in [0.3, 0.4) is 0 Å². The van der Waals surface area contributed by atoms with E-state index in [4.69, 9.17) is 0 Å². The molecule has 1 saturated carbocycles. The highest BCUT2D eigenvalue weighted by Crippen LogP contribution is 2.49. The standard InChI is InChI=1S/C18H27Br/c1-14(2)13-18(9-4-5-10-18)17(19)12-16-8-6-7-15(3)11-16/h6-8,11,14,17H,4-5,9-10,12-13H2,1-3H3. The molecule has 1 fully saturated rings. The maximum Gasteiger partial charge on any atom is 0.0242 e. The average Bonchev–Trinajstić information content (AvgIpc) is 2.78. The minimum atomic E-state index is 0.540. The third-order valence-corrected chi connectivity index (χ3v) is 5.87. The van der Waals surface area contributed by atoms with Crippen molar-refractivity contribution < 1.29 is 0 Å². The first-order valence-electron chi connectivity index (χ1n) is 7.71. The molecule has 0 saturated heterocycles. The average molecular weight is 323 g/mol. The zero-order chi connectivity index (χ0) is 13.9. The molecule has 1 heteroatoms. The number of hydrogen-bond donors (Lipinski definition) is 0. The Kier molecular flexibility index (Phi) is 5.11. The first-order valence-corrected chi connectivity index (χ1v) is 8.63. The van der Waals surface area contributed by atoms with Gasteiger partial charge >= 0.3 is 0 Å². The topological polar surface area (TPSA) is 0 Å². The smallest absolute Gasteiger partial charge is 0.0242 e. The summed E-state index contributed by atoms with van der Waals surface area (Å²) in [4.78, 5) is 0.631. The maximum atomic E-state index is 4.05. The quantitative estimate of drug-likeness (QED) is 0.591. The van der Waals surface area contributed by atoms with Gasteiger partial charge in [-0.05, 0) is 49.5 Å². The molecule has 1 aliphatic carbocycles. The summed E-state index contributed by atoms with van der Waals surface area (Å²) in [5.74, 6) is 0.802. The third kappa shape index (κ3) is 3.84. The second-order valence-corrected chi connectivity index (χ2v) is 7.93. The summed E-state index contributed by atoms with van der Waals surface area (Å²) in [5, 5.41) is 0. The SMILES string of the molecule is Cc1cccc(CC(Br)C2(CC(C)C)CCCC2)c1. The van der Waals surface area contributed by atoms with Gasteiger partial charge < -0.3 is 0 Å². The largest absolute Gasteiger partial charge is 0.0881 e. The van der Waals surface area contributed by atoms with Crippen molar-refractivity contribution in [1.29, 1.82) is 0 Å². The van der Waals surface area contributed by atoms with Crippen molar-refractivity contribution in [3.05, 3.63) is 35.4 Å². The van der Waals surface area contributed by atoms with E-state index in [1.165, 1.54) is 49.7 Å². The van der Waals surface area contributed by atoms with E-state index in [0.717, 1.165) is 5.92 Å². The van der Waals surface area contributed by atoms with Crippen molar-refractivity contribution in [1.82, 2.24) is 0 Å². The minimum Gasteiger partial charge on any atom is -0.0881 e. The van der Waals surface area contributed by atoms with Crippen LogP contribution >= 0.6 is 15.9 Å². The molecule has 0 bridgehead atoms. The van der Waals surface area contributed by atoms with Crippen LogP contribution in [-0.4, -0.2) is 4.83 Å². The molecular formula is C18H27Br. The third-order valence-electron chi connectivity index (χ3n) is 4.58. The van der Waals surface area contributed by atoms with Gasteiger partial charge in [0.1, 0.15) is 0 Å². The van der Waals surface area contributed by atoms with Crippen LogP contribution < -0.4 is 0 Å². The molecular weight excluding hydrogens is 296 g/mol. The predicted octanol–water partition coefficient (Wildman–Crippen LogP) is 5.91. The van der Waals surface area contributed by atoms with Gasteiger partial charge in [-0.3, -0.25) is 0 Å². The number of aryl methyl sites for hydroxylation is 1. The Morgan fingerprint density at radius 1 is 1.21 bits per heavy atom. The molecule has 0 spiro atoms. The van der Waals surface area contributed by atoms with Gasteiger partial charge in [-0.15, -0.1) is 0 Å². The van der Waals surface area contributed by atoms with Gasteiger partial charge in [0, 0.05) is 4.83 Å². The van der Waals surface area contributed by atoms with Crippen molar-refractivity contribution in [3.63, 3.8) is 0 Å².